The average Bonchev–Trinajstić information content (AvgIpc) is 2.17. The van der Waals surface area contributed by atoms with Gasteiger partial charge in [0.15, 0.2) is 0 Å². The lowest BCUT2D eigenvalue weighted by molar-refractivity contribution is 0.408. The Labute approximate surface area is 116 Å². The third kappa shape index (κ3) is 13.0. The molecule has 0 fully saturated rings. The van der Waals surface area contributed by atoms with Crippen LogP contribution in [-0.4, -0.2) is 6.16 Å². The second-order valence-electron chi connectivity index (χ2n) is 5.70. The van der Waals surface area contributed by atoms with Gasteiger partial charge in [0.1, 0.15) is 0 Å². The van der Waals surface area contributed by atoms with Crippen LogP contribution in [0.5, 0.6) is 0 Å². The molecule has 0 aromatic rings. The van der Waals surface area contributed by atoms with Crippen LogP contribution in [0.2, 0.25) is 0 Å². The van der Waals surface area contributed by atoms with Gasteiger partial charge in [-0.1, -0.05) is 66.2 Å². The molecule has 0 saturated heterocycles. The fourth-order valence-electron chi connectivity index (χ4n) is 1.95. The minimum atomic E-state index is 0. The predicted octanol–water partition coefficient (Wildman–Crippen LogP) is 5.71. The molecule has 0 spiro atoms. The molecule has 0 amide bonds. The Bertz CT molecular complexity index is 137. The van der Waals surface area contributed by atoms with E-state index < -0.39 is 0 Å². The topological polar surface area (TPSA) is 0 Å². The van der Waals surface area contributed by atoms with E-state index in [1.165, 1.54) is 44.7 Å². The van der Waals surface area contributed by atoms with Crippen molar-refractivity contribution in [2.75, 3.05) is 6.16 Å². The van der Waals surface area contributed by atoms with Crippen molar-refractivity contribution in [1.82, 2.24) is 0 Å². The summed E-state index contributed by atoms with van der Waals surface area (Å²) in [5.41, 5.74) is 0. The van der Waals surface area contributed by atoms with Crippen LogP contribution in [0.4, 0.5) is 0 Å². The van der Waals surface area contributed by atoms with Crippen molar-refractivity contribution in [3.05, 3.63) is 0 Å². The maximum atomic E-state index is 2.85. The molecule has 0 aromatic heterocycles. The van der Waals surface area contributed by atoms with Gasteiger partial charge < -0.3 is 0 Å². The zero-order valence-electron chi connectivity index (χ0n) is 11.7. The van der Waals surface area contributed by atoms with Crippen LogP contribution < -0.4 is 0 Å². The Morgan fingerprint density at radius 1 is 0.750 bits per heavy atom. The second-order valence-corrected chi connectivity index (χ2v) is 6.17. The van der Waals surface area contributed by atoms with Gasteiger partial charge in [0.05, 0.1) is 0 Å². The standard InChI is InChI=1S/C14H31P.BrH/c1-12(2)7-5-8-13(3)9-6-10-14(4)11-15;/h12-14H,5-11,15H2,1-4H3;1H/t13-,14?;/m1./s1. The fraction of sp³-hybridized carbons (Fsp3) is 1.00. The van der Waals surface area contributed by atoms with Crippen molar-refractivity contribution in [1.29, 1.82) is 0 Å². The van der Waals surface area contributed by atoms with E-state index in [0.717, 1.165) is 17.8 Å². The van der Waals surface area contributed by atoms with Gasteiger partial charge in [0.25, 0.3) is 0 Å². The molecular formula is C14H32BrP. The van der Waals surface area contributed by atoms with Gasteiger partial charge in [0, 0.05) is 0 Å². The van der Waals surface area contributed by atoms with E-state index in [0.29, 0.717) is 0 Å². The average molecular weight is 311 g/mol. The Morgan fingerprint density at radius 2 is 1.19 bits per heavy atom. The molecule has 2 heteroatoms. The first kappa shape index (κ1) is 19.3. The summed E-state index contributed by atoms with van der Waals surface area (Å²) in [5.74, 6) is 2.73. The lowest BCUT2D eigenvalue weighted by Crippen LogP contribution is -2.00. The van der Waals surface area contributed by atoms with Crippen LogP contribution in [0, 0.1) is 17.8 Å². The van der Waals surface area contributed by atoms with Crippen LogP contribution in [0.25, 0.3) is 0 Å². The van der Waals surface area contributed by atoms with Crippen molar-refractivity contribution < 1.29 is 0 Å². The highest BCUT2D eigenvalue weighted by Crippen LogP contribution is 2.19. The minimum Gasteiger partial charge on any atom is -0.137 e. The number of hydrogen-bond donors (Lipinski definition) is 0. The van der Waals surface area contributed by atoms with Crippen molar-refractivity contribution in [3.63, 3.8) is 0 Å². The van der Waals surface area contributed by atoms with E-state index in [9.17, 15) is 0 Å². The summed E-state index contributed by atoms with van der Waals surface area (Å²) in [5, 5.41) is 0. The zero-order chi connectivity index (χ0) is 11.7. The Kier molecular flexibility index (Phi) is 14.9. The molecule has 0 heterocycles. The first-order chi connectivity index (χ1) is 7.06. The summed E-state index contributed by atoms with van der Waals surface area (Å²) in [6.45, 7) is 9.43. The summed E-state index contributed by atoms with van der Waals surface area (Å²) < 4.78 is 0. The fourth-order valence-corrected chi connectivity index (χ4v) is 2.19. The molecule has 16 heavy (non-hydrogen) atoms. The van der Waals surface area contributed by atoms with Crippen LogP contribution >= 0.6 is 26.2 Å². The molecule has 0 nitrogen and oxygen atoms in total. The maximum Gasteiger partial charge on any atom is -0.0355 e. The summed E-state index contributed by atoms with van der Waals surface area (Å²) >= 11 is 0. The highest BCUT2D eigenvalue weighted by atomic mass is 79.9. The molecule has 2 unspecified atom stereocenters. The summed E-state index contributed by atoms with van der Waals surface area (Å²) in [4.78, 5) is 0. The van der Waals surface area contributed by atoms with Gasteiger partial charge in [-0.05, 0) is 23.9 Å². The molecule has 0 aliphatic rings. The maximum absolute atomic E-state index is 2.85. The van der Waals surface area contributed by atoms with E-state index in [1.807, 2.05) is 0 Å². The first-order valence-electron chi connectivity index (χ1n) is 6.76. The molecule has 0 radical (unpaired) electrons. The van der Waals surface area contributed by atoms with E-state index in [2.05, 4.69) is 36.9 Å². The summed E-state index contributed by atoms with van der Waals surface area (Å²) in [6, 6.07) is 0. The van der Waals surface area contributed by atoms with E-state index in [4.69, 9.17) is 0 Å². The molecule has 0 saturated carbocycles. The third-order valence-corrected chi connectivity index (χ3v) is 4.08. The van der Waals surface area contributed by atoms with Gasteiger partial charge >= 0.3 is 0 Å². The minimum absolute atomic E-state index is 0. The molecule has 100 valence electrons. The number of halogens is 1. The molecule has 3 atom stereocenters. The molecule has 0 aromatic carbocycles. The molecule has 0 aliphatic carbocycles. The van der Waals surface area contributed by atoms with Crippen molar-refractivity contribution in [3.8, 4) is 0 Å². The SMILES string of the molecule is Br.CC(C)CCC[C@@H](C)CCCC(C)CP. The Hall–Kier alpha value is 0.910. The van der Waals surface area contributed by atoms with Crippen LogP contribution in [0.15, 0.2) is 0 Å². The molecule has 0 rings (SSSR count). The van der Waals surface area contributed by atoms with Gasteiger partial charge in [-0.25, -0.2) is 0 Å². The molecule has 0 bridgehead atoms. The predicted molar refractivity (Wildman–Crippen MR) is 85.8 cm³/mol. The van der Waals surface area contributed by atoms with Gasteiger partial charge in [-0.2, -0.15) is 0 Å². The van der Waals surface area contributed by atoms with Gasteiger partial charge in [0.2, 0.25) is 0 Å². The largest absolute Gasteiger partial charge is 0.137 e. The van der Waals surface area contributed by atoms with Crippen molar-refractivity contribution in [2.45, 2.75) is 66.2 Å². The van der Waals surface area contributed by atoms with E-state index in [1.54, 1.807) is 0 Å². The highest BCUT2D eigenvalue weighted by Gasteiger charge is 2.04. The Morgan fingerprint density at radius 3 is 1.62 bits per heavy atom. The molecule has 0 N–H and O–H groups in total. The van der Waals surface area contributed by atoms with Gasteiger partial charge in [-0.15, -0.1) is 26.2 Å². The monoisotopic (exact) mass is 310 g/mol. The van der Waals surface area contributed by atoms with Gasteiger partial charge in [-0.3, -0.25) is 0 Å². The second kappa shape index (κ2) is 12.4. The lowest BCUT2D eigenvalue weighted by atomic mass is 9.94. The normalized spacial score (nSPS) is 14.6. The number of hydrogen-bond acceptors (Lipinski definition) is 0. The smallest absolute Gasteiger partial charge is 0.0355 e. The summed E-state index contributed by atoms with van der Waals surface area (Å²) in [7, 11) is 2.85. The van der Waals surface area contributed by atoms with Crippen molar-refractivity contribution in [2.24, 2.45) is 17.8 Å². The highest BCUT2D eigenvalue weighted by molar-refractivity contribution is 8.93. The Balaban J connectivity index is 0. The summed E-state index contributed by atoms with van der Waals surface area (Å²) in [6.07, 6.45) is 9.82. The van der Waals surface area contributed by atoms with E-state index in [-0.39, 0.29) is 17.0 Å². The van der Waals surface area contributed by atoms with E-state index >= 15 is 0 Å². The van der Waals surface area contributed by atoms with Crippen molar-refractivity contribution >= 4 is 26.2 Å². The quantitative estimate of drug-likeness (QED) is 0.479. The first-order valence-corrected chi connectivity index (χ1v) is 7.58. The van der Waals surface area contributed by atoms with Crippen LogP contribution in [0.1, 0.15) is 66.2 Å². The zero-order valence-corrected chi connectivity index (χ0v) is 14.5. The number of rotatable bonds is 9. The van der Waals surface area contributed by atoms with Crippen LogP contribution in [0.3, 0.4) is 0 Å². The lowest BCUT2D eigenvalue weighted by Gasteiger charge is -2.13. The molecule has 0 aliphatic heterocycles. The molecular weight excluding hydrogens is 279 g/mol. The van der Waals surface area contributed by atoms with Crippen LogP contribution in [-0.2, 0) is 0 Å². The third-order valence-electron chi connectivity index (χ3n) is 3.27.